The van der Waals surface area contributed by atoms with E-state index in [1.807, 2.05) is 62.4 Å². The first-order valence-corrected chi connectivity index (χ1v) is 8.68. The summed E-state index contributed by atoms with van der Waals surface area (Å²) >= 11 is 0. The second kappa shape index (κ2) is 8.76. The molecule has 3 aromatic carbocycles. The number of ether oxygens (including phenoxy) is 2. The van der Waals surface area contributed by atoms with Crippen LogP contribution >= 0.6 is 0 Å². The summed E-state index contributed by atoms with van der Waals surface area (Å²) in [5.41, 5.74) is 3.02. The molecule has 0 spiro atoms. The number of benzene rings is 3. The largest absolute Gasteiger partial charge is 0.473 e. The molecule has 0 aromatic heterocycles. The van der Waals surface area contributed by atoms with Gasteiger partial charge in [0, 0.05) is 5.69 Å². The zero-order valence-corrected chi connectivity index (χ0v) is 15.4. The van der Waals surface area contributed by atoms with Gasteiger partial charge in [-0.3, -0.25) is 0 Å². The van der Waals surface area contributed by atoms with Crippen molar-refractivity contribution in [2.24, 2.45) is 0 Å². The number of carbonyl (C=O) groups excluding carboxylic acids is 1. The molecule has 0 atom stereocenters. The van der Waals surface area contributed by atoms with Crippen molar-refractivity contribution in [1.29, 1.82) is 0 Å². The van der Waals surface area contributed by atoms with Gasteiger partial charge in [0.05, 0.1) is 0 Å². The molecule has 0 saturated heterocycles. The van der Waals surface area contributed by atoms with Gasteiger partial charge in [-0.1, -0.05) is 24.3 Å². The highest BCUT2D eigenvalue weighted by atomic mass is 16.5. The Morgan fingerprint density at radius 3 is 2.19 bits per heavy atom. The number of rotatable bonds is 6. The molecule has 27 heavy (non-hydrogen) atoms. The van der Waals surface area contributed by atoms with Gasteiger partial charge in [-0.05, 0) is 73.5 Å². The van der Waals surface area contributed by atoms with E-state index in [1.165, 1.54) is 5.56 Å². The standard InChI is InChI=1S/C22H22N2O3/c1-16-8-11-21(14-17(16)2)26-15-23-22(25)24-18-9-12-20(13-10-18)27-19-6-4-3-5-7-19/h3-14H,15H2,1-2H3,(H2,23,24,25). The van der Waals surface area contributed by atoms with Gasteiger partial charge in [-0.2, -0.15) is 0 Å². The fourth-order valence-corrected chi connectivity index (χ4v) is 2.39. The molecule has 5 heteroatoms. The Balaban J connectivity index is 1.45. The Hall–Kier alpha value is -3.47. The van der Waals surface area contributed by atoms with Crippen LogP contribution in [-0.4, -0.2) is 12.8 Å². The zero-order chi connectivity index (χ0) is 19.1. The molecule has 0 unspecified atom stereocenters. The normalized spacial score (nSPS) is 10.1. The molecular formula is C22H22N2O3. The third-order valence-electron chi connectivity index (χ3n) is 4.04. The molecule has 0 fully saturated rings. The number of hydrogen-bond donors (Lipinski definition) is 2. The number of nitrogens with one attached hydrogen (secondary N) is 2. The average Bonchev–Trinajstić information content (AvgIpc) is 2.67. The summed E-state index contributed by atoms with van der Waals surface area (Å²) in [6.45, 7) is 4.15. The van der Waals surface area contributed by atoms with Crippen LogP contribution in [0.4, 0.5) is 10.5 Å². The summed E-state index contributed by atoms with van der Waals surface area (Å²) in [5.74, 6) is 2.19. The predicted octanol–water partition coefficient (Wildman–Crippen LogP) is 5.25. The van der Waals surface area contributed by atoms with Crippen molar-refractivity contribution in [3.05, 3.63) is 83.9 Å². The maximum atomic E-state index is 12.0. The molecule has 138 valence electrons. The highest BCUT2D eigenvalue weighted by Crippen LogP contribution is 2.22. The maximum Gasteiger partial charge on any atom is 0.321 e. The molecule has 3 aromatic rings. The molecule has 0 bridgehead atoms. The number of hydrogen-bond acceptors (Lipinski definition) is 3. The molecule has 2 N–H and O–H groups in total. The fraction of sp³-hybridized carbons (Fsp3) is 0.136. The van der Waals surface area contributed by atoms with Gasteiger partial charge in [0.2, 0.25) is 0 Å². The first kappa shape index (κ1) is 18.3. The van der Waals surface area contributed by atoms with Gasteiger partial charge in [0.25, 0.3) is 0 Å². The lowest BCUT2D eigenvalue weighted by molar-refractivity contribution is 0.234. The summed E-state index contributed by atoms with van der Waals surface area (Å²) < 4.78 is 11.3. The van der Waals surface area contributed by atoms with Crippen molar-refractivity contribution >= 4 is 11.7 Å². The van der Waals surface area contributed by atoms with Crippen LogP contribution in [0.1, 0.15) is 11.1 Å². The summed E-state index contributed by atoms with van der Waals surface area (Å²) in [5, 5.41) is 5.42. The topological polar surface area (TPSA) is 59.6 Å². The van der Waals surface area contributed by atoms with E-state index in [0.717, 1.165) is 17.1 Å². The SMILES string of the molecule is Cc1ccc(OCNC(=O)Nc2ccc(Oc3ccccc3)cc2)cc1C. The third kappa shape index (κ3) is 5.51. The Morgan fingerprint density at radius 1 is 0.815 bits per heavy atom. The van der Waals surface area contributed by atoms with E-state index in [1.54, 1.807) is 24.3 Å². The van der Waals surface area contributed by atoms with E-state index in [2.05, 4.69) is 10.6 Å². The van der Waals surface area contributed by atoms with Crippen molar-refractivity contribution in [3.8, 4) is 17.2 Å². The molecule has 2 amide bonds. The fourth-order valence-electron chi connectivity index (χ4n) is 2.39. The number of urea groups is 1. The minimum Gasteiger partial charge on any atom is -0.473 e. The highest BCUT2D eigenvalue weighted by molar-refractivity contribution is 5.89. The lowest BCUT2D eigenvalue weighted by atomic mass is 10.1. The lowest BCUT2D eigenvalue weighted by Crippen LogP contribution is -2.32. The smallest absolute Gasteiger partial charge is 0.321 e. The van der Waals surface area contributed by atoms with E-state index in [0.29, 0.717) is 11.4 Å². The van der Waals surface area contributed by atoms with Crippen LogP contribution in [-0.2, 0) is 0 Å². The monoisotopic (exact) mass is 362 g/mol. The quantitative estimate of drug-likeness (QED) is 0.589. The number of anilines is 1. The summed E-state index contributed by atoms with van der Waals surface area (Å²) in [7, 11) is 0. The van der Waals surface area contributed by atoms with Crippen LogP contribution in [0.2, 0.25) is 0 Å². The van der Waals surface area contributed by atoms with Crippen LogP contribution in [0.5, 0.6) is 17.2 Å². The van der Waals surface area contributed by atoms with E-state index in [-0.39, 0.29) is 12.8 Å². The van der Waals surface area contributed by atoms with Crippen LogP contribution in [0.25, 0.3) is 0 Å². The summed E-state index contributed by atoms with van der Waals surface area (Å²) in [6, 6.07) is 22.2. The zero-order valence-electron chi connectivity index (χ0n) is 15.4. The molecule has 0 radical (unpaired) electrons. The van der Waals surface area contributed by atoms with Gasteiger partial charge in [-0.25, -0.2) is 4.79 Å². The molecule has 3 rings (SSSR count). The van der Waals surface area contributed by atoms with E-state index in [4.69, 9.17) is 9.47 Å². The van der Waals surface area contributed by atoms with Crippen LogP contribution in [0, 0.1) is 13.8 Å². The Kier molecular flexibility index (Phi) is 5.94. The summed E-state index contributed by atoms with van der Waals surface area (Å²) in [6.07, 6.45) is 0. The van der Waals surface area contributed by atoms with E-state index >= 15 is 0 Å². The van der Waals surface area contributed by atoms with Crippen LogP contribution < -0.4 is 20.1 Å². The second-order valence-corrected chi connectivity index (χ2v) is 6.11. The maximum absolute atomic E-state index is 12.0. The van der Waals surface area contributed by atoms with Gasteiger partial charge in [0.15, 0.2) is 6.73 Å². The van der Waals surface area contributed by atoms with Crippen molar-refractivity contribution in [2.45, 2.75) is 13.8 Å². The number of amides is 2. The molecule has 0 aliphatic rings. The van der Waals surface area contributed by atoms with Gasteiger partial charge < -0.3 is 20.1 Å². The Bertz CT molecular complexity index is 893. The molecular weight excluding hydrogens is 340 g/mol. The van der Waals surface area contributed by atoms with Crippen molar-refractivity contribution < 1.29 is 14.3 Å². The molecule has 5 nitrogen and oxygen atoms in total. The van der Waals surface area contributed by atoms with Crippen LogP contribution in [0.15, 0.2) is 72.8 Å². The lowest BCUT2D eigenvalue weighted by Gasteiger charge is -2.11. The number of para-hydroxylation sites is 1. The highest BCUT2D eigenvalue weighted by Gasteiger charge is 2.03. The number of carbonyl (C=O) groups is 1. The molecule has 0 aliphatic heterocycles. The molecule has 0 heterocycles. The average molecular weight is 362 g/mol. The molecule has 0 aliphatic carbocycles. The van der Waals surface area contributed by atoms with E-state index < -0.39 is 0 Å². The minimum absolute atomic E-state index is 0.0868. The van der Waals surface area contributed by atoms with E-state index in [9.17, 15) is 4.79 Å². The van der Waals surface area contributed by atoms with Crippen LogP contribution in [0.3, 0.4) is 0 Å². The second-order valence-electron chi connectivity index (χ2n) is 6.11. The van der Waals surface area contributed by atoms with Crippen molar-refractivity contribution in [1.82, 2.24) is 5.32 Å². The van der Waals surface area contributed by atoms with Gasteiger partial charge >= 0.3 is 6.03 Å². The summed E-state index contributed by atoms with van der Waals surface area (Å²) in [4.78, 5) is 12.0. The van der Waals surface area contributed by atoms with Gasteiger partial charge in [-0.15, -0.1) is 0 Å². The van der Waals surface area contributed by atoms with Crippen molar-refractivity contribution in [3.63, 3.8) is 0 Å². The Morgan fingerprint density at radius 2 is 1.48 bits per heavy atom. The van der Waals surface area contributed by atoms with Gasteiger partial charge in [0.1, 0.15) is 17.2 Å². The van der Waals surface area contributed by atoms with Crippen molar-refractivity contribution in [2.75, 3.05) is 12.0 Å². The molecule has 0 saturated carbocycles. The first-order valence-electron chi connectivity index (χ1n) is 8.68. The Labute approximate surface area is 158 Å². The third-order valence-corrected chi connectivity index (χ3v) is 4.04. The predicted molar refractivity (Wildman–Crippen MR) is 107 cm³/mol. The number of aryl methyl sites for hydroxylation is 2. The minimum atomic E-state index is -0.337. The first-order chi connectivity index (χ1) is 13.1.